The van der Waals surface area contributed by atoms with Crippen molar-refractivity contribution < 1.29 is 9.90 Å². The lowest BCUT2D eigenvalue weighted by atomic mass is 10.0. The monoisotopic (exact) mass is 338 g/mol. The van der Waals surface area contributed by atoms with Crippen molar-refractivity contribution in [1.29, 1.82) is 0 Å². The molecule has 0 aliphatic carbocycles. The number of anilines is 2. The summed E-state index contributed by atoms with van der Waals surface area (Å²) < 4.78 is 0.944. The fraction of sp³-hybridized carbons (Fsp3) is 0.533. The van der Waals surface area contributed by atoms with Crippen molar-refractivity contribution in [2.24, 2.45) is 5.92 Å². The van der Waals surface area contributed by atoms with Gasteiger partial charge in [-0.1, -0.05) is 13.8 Å². The maximum Gasteiger partial charge on any atom is 0.257 e. The molecular weight excluding hydrogens is 320 g/mol. The van der Waals surface area contributed by atoms with Gasteiger partial charge < -0.3 is 15.3 Å². The molecule has 2 atom stereocenters. The number of benzene rings is 1. The van der Waals surface area contributed by atoms with E-state index in [2.05, 4.69) is 40.0 Å². The molecule has 2 aliphatic rings. The molecular formula is C15H19BrN2O2. The number of amides is 1. The predicted octanol–water partition coefficient (Wildman–Crippen LogP) is 3.06. The van der Waals surface area contributed by atoms with Gasteiger partial charge in [-0.05, 0) is 46.8 Å². The van der Waals surface area contributed by atoms with Gasteiger partial charge in [0, 0.05) is 28.3 Å². The molecule has 2 heterocycles. The Morgan fingerprint density at radius 3 is 2.90 bits per heavy atom. The van der Waals surface area contributed by atoms with Gasteiger partial charge in [0.15, 0.2) is 6.10 Å². The van der Waals surface area contributed by atoms with Gasteiger partial charge in [0.05, 0.1) is 5.69 Å². The second-order valence-corrected chi connectivity index (χ2v) is 6.78. The number of aliphatic hydroxyl groups excluding tert-OH is 1. The maximum atomic E-state index is 11.6. The SMILES string of the molecule is CC(C)C1CCCN1c1cc2c(cc1Br)C(O)C(=O)N2. The van der Waals surface area contributed by atoms with Crippen molar-refractivity contribution in [3.05, 3.63) is 22.2 Å². The lowest BCUT2D eigenvalue weighted by molar-refractivity contribution is -0.123. The van der Waals surface area contributed by atoms with Crippen LogP contribution in [0.15, 0.2) is 16.6 Å². The van der Waals surface area contributed by atoms with Gasteiger partial charge in [0.2, 0.25) is 0 Å². The quantitative estimate of drug-likeness (QED) is 0.871. The number of rotatable bonds is 2. The summed E-state index contributed by atoms with van der Waals surface area (Å²) in [4.78, 5) is 14.0. The first kappa shape index (κ1) is 13.9. The first-order chi connectivity index (χ1) is 9.49. The Kier molecular flexibility index (Phi) is 3.50. The molecule has 3 rings (SSSR count). The molecule has 0 bridgehead atoms. The molecule has 1 saturated heterocycles. The number of hydrogen-bond donors (Lipinski definition) is 2. The molecule has 2 N–H and O–H groups in total. The van der Waals surface area contributed by atoms with Crippen molar-refractivity contribution in [2.75, 3.05) is 16.8 Å². The fourth-order valence-electron chi connectivity index (χ4n) is 3.26. The minimum atomic E-state index is -1.05. The van der Waals surface area contributed by atoms with Crippen molar-refractivity contribution >= 4 is 33.2 Å². The fourth-order valence-corrected chi connectivity index (χ4v) is 3.85. The second kappa shape index (κ2) is 5.04. The average Bonchev–Trinajstić information content (AvgIpc) is 2.97. The topological polar surface area (TPSA) is 52.6 Å². The Bertz CT molecular complexity index is 559. The Balaban J connectivity index is 2.00. The zero-order chi connectivity index (χ0) is 14.4. The number of aliphatic hydroxyl groups is 1. The number of halogens is 1. The summed E-state index contributed by atoms with van der Waals surface area (Å²) in [5, 5.41) is 12.6. The number of carbonyl (C=O) groups excluding carboxylic acids is 1. The number of hydrogen-bond acceptors (Lipinski definition) is 3. The largest absolute Gasteiger partial charge is 0.378 e. The van der Waals surface area contributed by atoms with Crippen molar-refractivity contribution in [2.45, 2.75) is 38.8 Å². The van der Waals surface area contributed by atoms with Crippen LogP contribution < -0.4 is 10.2 Å². The summed E-state index contributed by atoms with van der Waals surface area (Å²) in [5.74, 6) is 0.253. The van der Waals surface area contributed by atoms with Crippen molar-refractivity contribution in [3.63, 3.8) is 0 Å². The lowest BCUT2D eigenvalue weighted by Gasteiger charge is -2.31. The number of carbonyl (C=O) groups is 1. The van der Waals surface area contributed by atoms with Gasteiger partial charge in [-0.15, -0.1) is 0 Å². The molecule has 1 aromatic carbocycles. The average molecular weight is 339 g/mol. The van der Waals surface area contributed by atoms with E-state index < -0.39 is 6.10 Å². The smallest absolute Gasteiger partial charge is 0.257 e. The first-order valence-corrected chi connectivity index (χ1v) is 7.87. The zero-order valence-electron chi connectivity index (χ0n) is 11.7. The standard InChI is InChI=1S/C15H19BrN2O2/c1-8(2)12-4-3-5-18(12)13-7-11-9(6-10(13)16)14(19)15(20)17-11/h6-8,12,14,19H,3-5H2,1-2H3,(H,17,20). The van der Waals surface area contributed by atoms with E-state index in [1.807, 2.05) is 12.1 Å². The van der Waals surface area contributed by atoms with Crippen LogP contribution >= 0.6 is 15.9 Å². The molecule has 0 spiro atoms. The number of fused-ring (bicyclic) bond motifs is 1. The molecule has 4 nitrogen and oxygen atoms in total. The van der Waals surface area contributed by atoms with E-state index in [9.17, 15) is 9.90 Å². The molecule has 1 aromatic rings. The van der Waals surface area contributed by atoms with E-state index in [1.54, 1.807) is 0 Å². The van der Waals surface area contributed by atoms with E-state index in [1.165, 1.54) is 12.8 Å². The molecule has 0 aromatic heterocycles. The van der Waals surface area contributed by atoms with Crippen LogP contribution in [0.5, 0.6) is 0 Å². The highest BCUT2D eigenvalue weighted by Gasteiger charge is 2.33. The van der Waals surface area contributed by atoms with Crippen molar-refractivity contribution in [1.82, 2.24) is 0 Å². The first-order valence-electron chi connectivity index (χ1n) is 7.08. The van der Waals surface area contributed by atoms with E-state index in [0.29, 0.717) is 17.5 Å². The third-order valence-corrected chi connectivity index (χ3v) is 4.93. The van der Waals surface area contributed by atoms with Crippen LogP contribution in [-0.2, 0) is 4.79 Å². The van der Waals surface area contributed by atoms with Crippen molar-refractivity contribution in [3.8, 4) is 0 Å². The molecule has 5 heteroatoms. The van der Waals surface area contributed by atoms with Gasteiger partial charge in [-0.25, -0.2) is 0 Å². The van der Waals surface area contributed by atoms with Crippen LogP contribution in [0.3, 0.4) is 0 Å². The third-order valence-electron chi connectivity index (χ3n) is 4.30. The molecule has 0 saturated carbocycles. The van der Waals surface area contributed by atoms with E-state index in [-0.39, 0.29) is 5.91 Å². The minimum absolute atomic E-state index is 0.342. The second-order valence-electron chi connectivity index (χ2n) is 5.93. The highest BCUT2D eigenvalue weighted by Crippen LogP contribution is 2.41. The molecule has 2 unspecified atom stereocenters. The minimum Gasteiger partial charge on any atom is -0.378 e. The third kappa shape index (κ3) is 2.13. The Morgan fingerprint density at radius 1 is 1.45 bits per heavy atom. The number of nitrogens with zero attached hydrogens (tertiary/aromatic N) is 1. The van der Waals surface area contributed by atoms with E-state index >= 15 is 0 Å². The van der Waals surface area contributed by atoms with Crippen LogP contribution in [0.1, 0.15) is 38.4 Å². The molecule has 0 radical (unpaired) electrons. The Labute approximate surface area is 127 Å². The van der Waals surface area contributed by atoms with E-state index in [4.69, 9.17) is 0 Å². The normalized spacial score (nSPS) is 25.2. The van der Waals surface area contributed by atoms with Gasteiger partial charge >= 0.3 is 0 Å². The molecule has 1 amide bonds. The van der Waals surface area contributed by atoms with Crippen LogP contribution in [0, 0.1) is 5.92 Å². The summed E-state index contributed by atoms with van der Waals surface area (Å²) in [7, 11) is 0. The summed E-state index contributed by atoms with van der Waals surface area (Å²) in [6.45, 7) is 5.53. The number of nitrogens with one attached hydrogen (secondary N) is 1. The van der Waals surface area contributed by atoms with Crippen LogP contribution in [0.25, 0.3) is 0 Å². The maximum absolute atomic E-state index is 11.6. The Morgan fingerprint density at radius 2 is 2.20 bits per heavy atom. The van der Waals surface area contributed by atoms with Crippen LogP contribution in [-0.4, -0.2) is 23.6 Å². The summed E-state index contributed by atoms with van der Waals surface area (Å²) >= 11 is 3.59. The van der Waals surface area contributed by atoms with Gasteiger partial charge in [-0.2, -0.15) is 0 Å². The highest BCUT2D eigenvalue weighted by atomic mass is 79.9. The summed E-state index contributed by atoms with van der Waals surface area (Å²) in [5.41, 5.74) is 2.50. The summed E-state index contributed by atoms with van der Waals surface area (Å²) in [6, 6.07) is 4.38. The molecule has 2 aliphatic heterocycles. The van der Waals surface area contributed by atoms with Gasteiger partial charge in [0.25, 0.3) is 5.91 Å². The van der Waals surface area contributed by atoms with Crippen LogP contribution in [0.2, 0.25) is 0 Å². The summed E-state index contributed by atoms with van der Waals surface area (Å²) in [6.07, 6.45) is 1.35. The highest BCUT2D eigenvalue weighted by molar-refractivity contribution is 9.10. The molecule has 108 valence electrons. The van der Waals surface area contributed by atoms with Crippen LogP contribution in [0.4, 0.5) is 11.4 Å². The molecule has 20 heavy (non-hydrogen) atoms. The molecule has 1 fully saturated rings. The lowest BCUT2D eigenvalue weighted by Crippen LogP contribution is -2.33. The zero-order valence-corrected chi connectivity index (χ0v) is 13.3. The van der Waals surface area contributed by atoms with E-state index in [0.717, 1.165) is 22.4 Å². The predicted molar refractivity (Wildman–Crippen MR) is 82.9 cm³/mol. The Hall–Kier alpha value is -1.07. The van der Waals surface area contributed by atoms with Gasteiger partial charge in [-0.3, -0.25) is 4.79 Å². The van der Waals surface area contributed by atoms with Gasteiger partial charge in [0.1, 0.15) is 0 Å².